The van der Waals surface area contributed by atoms with Crippen molar-refractivity contribution in [3.05, 3.63) is 23.8 Å². The number of aromatic nitrogens is 1. The second-order valence-electron chi connectivity index (χ2n) is 5.40. The summed E-state index contributed by atoms with van der Waals surface area (Å²) in [5.74, 6) is -0.484. The maximum absolute atomic E-state index is 12.9. The van der Waals surface area contributed by atoms with Crippen LogP contribution in [0.2, 0.25) is 0 Å². The average Bonchev–Trinajstić information content (AvgIpc) is 2.35. The quantitative estimate of drug-likeness (QED) is 0.551. The monoisotopic (exact) mass is 237 g/mol. The van der Waals surface area contributed by atoms with Gasteiger partial charge in [0.05, 0.1) is 11.2 Å². The second-order valence-corrected chi connectivity index (χ2v) is 5.40. The van der Waals surface area contributed by atoms with E-state index in [1.54, 1.807) is 13.0 Å². The molecule has 2 rings (SSSR count). The molecule has 92 valence electrons. The molecule has 1 fully saturated rings. The zero-order valence-electron chi connectivity index (χ0n) is 10.9. The molecule has 0 amide bonds. The van der Waals surface area contributed by atoms with E-state index in [1.165, 1.54) is 6.07 Å². The molecule has 0 atom stereocenters. The maximum atomic E-state index is 12.9. The molecule has 0 saturated carbocycles. The fraction of sp³-hybridized carbons (Fsp3) is 0.583. The summed E-state index contributed by atoms with van der Waals surface area (Å²) >= 11 is 0. The predicted octanol–water partition coefficient (Wildman–Crippen LogP) is 1.83. The van der Waals surface area contributed by atoms with Gasteiger partial charge < -0.3 is 9.31 Å². The molecule has 0 bridgehead atoms. The van der Waals surface area contributed by atoms with Crippen LogP contribution in [0.15, 0.2) is 12.1 Å². The number of aryl methyl sites for hydroxylation is 1. The smallest absolute Gasteiger partial charge is 0.399 e. The highest BCUT2D eigenvalue weighted by Gasteiger charge is 2.52. The minimum Gasteiger partial charge on any atom is -0.399 e. The molecule has 0 unspecified atom stereocenters. The summed E-state index contributed by atoms with van der Waals surface area (Å²) in [6.07, 6.45) is 0. The molecule has 0 N–H and O–H groups in total. The largest absolute Gasteiger partial charge is 0.496 e. The summed E-state index contributed by atoms with van der Waals surface area (Å²) < 4.78 is 24.7. The van der Waals surface area contributed by atoms with Crippen molar-refractivity contribution in [1.82, 2.24) is 4.98 Å². The van der Waals surface area contributed by atoms with Crippen LogP contribution in [0.5, 0.6) is 0 Å². The Morgan fingerprint density at radius 2 is 1.65 bits per heavy atom. The molecule has 3 nitrogen and oxygen atoms in total. The van der Waals surface area contributed by atoms with E-state index < -0.39 is 24.3 Å². The van der Waals surface area contributed by atoms with E-state index in [0.717, 1.165) is 5.46 Å². The predicted molar refractivity (Wildman–Crippen MR) is 64.6 cm³/mol. The molecule has 1 aromatic rings. The van der Waals surface area contributed by atoms with Crippen LogP contribution in [-0.2, 0) is 9.31 Å². The molecular formula is C12H17BFNO2. The Bertz CT molecular complexity index is 432. The van der Waals surface area contributed by atoms with E-state index in [4.69, 9.17) is 9.31 Å². The zero-order valence-corrected chi connectivity index (χ0v) is 10.9. The summed E-state index contributed by atoms with van der Waals surface area (Å²) in [5.41, 5.74) is 0.602. The first kappa shape index (κ1) is 12.5. The first-order valence-corrected chi connectivity index (χ1v) is 5.72. The van der Waals surface area contributed by atoms with Crippen LogP contribution >= 0.6 is 0 Å². The van der Waals surface area contributed by atoms with Gasteiger partial charge in [-0.2, -0.15) is 4.39 Å². The highest BCUT2D eigenvalue weighted by molar-refractivity contribution is 6.62. The standard InChI is InChI=1S/C12H17BFNO2/c1-8-9(6-7-10(14)15-8)13-16-11(2,3)12(4,5)17-13/h6-7H,1-5H3. The third-order valence-corrected chi connectivity index (χ3v) is 3.60. The number of hydrogen-bond acceptors (Lipinski definition) is 3. The molecule has 1 aliphatic rings. The van der Waals surface area contributed by atoms with Gasteiger partial charge in [-0.3, -0.25) is 0 Å². The molecule has 17 heavy (non-hydrogen) atoms. The Morgan fingerprint density at radius 3 is 2.12 bits per heavy atom. The molecule has 1 saturated heterocycles. The van der Waals surface area contributed by atoms with Gasteiger partial charge in [0.2, 0.25) is 5.95 Å². The Kier molecular flexibility index (Phi) is 2.79. The lowest BCUT2D eigenvalue weighted by Gasteiger charge is -2.32. The fourth-order valence-corrected chi connectivity index (χ4v) is 1.76. The molecule has 0 radical (unpaired) electrons. The van der Waals surface area contributed by atoms with Gasteiger partial charge in [-0.25, -0.2) is 4.98 Å². The zero-order chi connectivity index (χ0) is 12.8. The minimum atomic E-state index is -0.484. The summed E-state index contributed by atoms with van der Waals surface area (Å²) in [7, 11) is -0.479. The Morgan fingerprint density at radius 1 is 1.12 bits per heavy atom. The third kappa shape index (κ3) is 2.09. The van der Waals surface area contributed by atoms with Gasteiger partial charge in [-0.15, -0.1) is 0 Å². The Hall–Kier alpha value is -0.935. The molecule has 1 aliphatic heterocycles. The average molecular weight is 237 g/mol. The topological polar surface area (TPSA) is 31.4 Å². The number of nitrogens with zero attached hydrogens (tertiary/aromatic N) is 1. The van der Waals surface area contributed by atoms with Crippen LogP contribution in [0.3, 0.4) is 0 Å². The van der Waals surface area contributed by atoms with Gasteiger partial charge in [-0.1, -0.05) is 6.07 Å². The molecule has 5 heteroatoms. The second kappa shape index (κ2) is 3.78. The number of hydrogen-bond donors (Lipinski definition) is 0. The third-order valence-electron chi connectivity index (χ3n) is 3.60. The highest BCUT2D eigenvalue weighted by Crippen LogP contribution is 2.36. The SMILES string of the molecule is Cc1nc(F)ccc1B1OC(C)(C)C(C)(C)O1. The van der Waals surface area contributed by atoms with Crippen molar-refractivity contribution in [1.29, 1.82) is 0 Å². The van der Waals surface area contributed by atoms with Crippen LogP contribution in [0.1, 0.15) is 33.4 Å². The maximum Gasteiger partial charge on any atom is 0.496 e. The lowest BCUT2D eigenvalue weighted by molar-refractivity contribution is 0.00578. The number of rotatable bonds is 1. The molecule has 1 aromatic heterocycles. The molecule has 0 spiro atoms. The van der Waals surface area contributed by atoms with Gasteiger partial charge in [0.1, 0.15) is 0 Å². The van der Waals surface area contributed by atoms with Crippen molar-refractivity contribution >= 4 is 12.6 Å². The van der Waals surface area contributed by atoms with E-state index in [0.29, 0.717) is 5.69 Å². The first-order valence-electron chi connectivity index (χ1n) is 5.72. The number of halogens is 1. The lowest BCUT2D eigenvalue weighted by atomic mass is 9.78. The van der Waals surface area contributed by atoms with Gasteiger partial charge >= 0.3 is 7.12 Å². The summed E-state index contributed by atoms with van der Waals surface area (Å²) in [5, 5.41) is 0. The van der Waals surface area contributed by atoms with E-state index in [2.05, 4.69) is 4.98 Å². The van der Waals surface area contributed by atoms with Gasteiger partial charge in [0.15, 0.2) is 0 Å². The van der Waals surface area contributed by atoms with E-state index in [9.17, 15) is 4.39 Å². The molecule has 2 heterocycles. The van der Waals surface area contributed by atoms with Crippen LogP contribution in [0.4, 0.5) is 4.39 Å². The van der Waals surface area contributed by atoms with Gasteiger partial charge in [0, 0.05) is 11.2 Å². The van der Waals surface area contributed by atoms with Crippen LogP contribution in [0, 0.1) is 12.9 Å². The van der Waals surface area contributed by atoms with Crippen molar-refractivity contribution in [2.24, 2.45) is 0 Å². The Labute approximate surface area is 101 Å². The van der Waals surface area contributed by atoms with Crippen molar-refractivity contribution in [2.75, 3.05) is 0 Å². The van der Waals surface area contributed by atoms with E-state index in [1.807, 2.05) is 27.7 Å². The van der Waals surface area contributed by atoms with Crippen molar-refractivity contribution in [2.45, 2.75) is 45.8 Å². The molecule has 0 aromatic carbocycles. The lowest BCUT2D eigenvalue weighted by Crippen LogP contribution is -2.41. The highest BCUT2D eigenvalue weighted by atomic mass is 19.1. The normalized spacial score (nSPS) is 21.9. The summed E-state index contributed by atoms with van der Waals surface area (Å²) in [4.78, 5) is 3.79. The Balaban J connectivity index is 2.32. The first-order chi connectivity index (χ1) is 7.73. The van der Waals surface area contributed by atoms with Gasteiger partial charge in [-0.05, 0) is 40.7 Å². The van der Waals surface area contributed by atoms with Crippen LogP contribution in [0.25, 0.3) is 0 Å². The van der Waals surface area contributed by atoms with Crippen molar-refractivity contribution < 1.29 is 13.7 Å². The van der Waals surface area contributed by atoms with E-state index >= 15 is 0 Å². The van der Waals surface area contributed by atoms with Crippen molar-refractivity contribution in [3.63, 3.8) is 0 Å². The molecular weight excluding hydrogens is 220 g/mol. The fourth-order valence-electron chi connectivity index (χ4n) is 1.76. The van der Waals surface area contributed by atoms with Crippen LogP contribution in [-0.4, -0.2) is 23.3 Å². The minimum absolute atomic E-state index is 0.390. The van der Waals surface area contributed by atoms with E-state index in [-0.39, 0.29) is 0 Å². The van der Waals surface area contributed by atoms with Crippen molar-refractivity contribution in [3.8, 4) is 0 Å². The molecule has 0 aliphatic carbocycles. The summed E-state index contributed by atoms with van der Waals surface area (Å²) in [6.45, 7) is 9.70. The number of pyridine rings is 1. The van der Waals surface area contributed by atoms with Gasteiger partial charge in [0.25, 0.3) is 0 Å². The summed E-state index contributed by atoms with van der Waals surface area (Å²) in [6, 6.07) is 2.99. The van der Waals surface area contributed by atoms with Crippen LogP contribution < -0.4 is 5.46 Å².